The predicted octanol–water partition coefficient (Wildman–Crippen LogP) is 8.34. The molecule has 0 aliphatic carbocycles. The van der Waals surface area contributed by atoms with Gasteiger partial charge in [-0.15, -0.1) is 21.5 Å². The molecule has 0 aliphatic heterocycles. The van der Waals surface area contributed by atoms with Crippen molar-refractivity contribution < 1.29 is 31.1 Å². The molecule has 10 heteroatoms. The van der Waals surface area contributed by atoms with E-state index in [9.17, 15) is 26.3 Å². The van der Waals surface area contributed by atoms with Crippen molar-refractivity contribution in [1.82, 2.24) is 10.2 Å². The molecule has 3 aromatic carbocycles. The Kier molecular flexibility index (Phi) is 5.20. The SMILES string of the molecule is FC(F)(F)c1ccc(Oc2nnc(-c3cccs3)c3cc4ccccc4cc23)cc1C(F)(F)F. The molecule has 2 aromatic heterocycles. The van der Waals surface area contributed by atoms with E-state index >= 15 is 0 Å². The lowest BCUT2D eigenvalue weighted by molar-refractivity contribution is -0.162. The summed E-state index contributed by atoms with van der Waals surface area (Å²) in [7, 11) is 0. The van der Waals surface area contributed by atoms with Crippen LogP contribution in [0.25, 0.3) is 32.1 Å². The third-order valence-electron chi connectivity index (χ3n) is 5.18. The number of ether oxygens (including phenoxy) is 1. The molecule has 172 valence electrons. The number of thiophene rings is 1. The number of halogens is 6. The Morgan fingerprint density at radius 1 is 0.676 bits per heavy atom. The van der Waals surface area contributed by atoms with Crippen LogP contribution in [-0.2, 0) is 12.4 Å². The molecule has 2 heterocycles. The van der Waals surface area contributed by atoms with E-state index in [1.807, 2.05) is 47.8 Å². The van der Waals surface area contributed by atoms with Gasteiger partial charge in [0, 0.05) is 10.8 Å². The summed E-state index contributed by atoms with van der Waals surface area (Å²) in [4.78, 5) is 0.827. The molecule has 5 rings (SSSR count). The summed E-state index contributed by atoms with van der Waals surface area (Å²) in [5.74, 6) is -0.554. The third kappa shape index (κ3) is 4.05. The second-order valence-corrected chi connectivity index (χ2v) is 8.33. The zero-order valence-corrected chi connectivity index (χ0v) is 17.7. The van der Waals surface area contributed by atoms with Crippen molar-refractivity contribution in [2.24, 2.45) is 0 Å². The van der Waals surface area contributed by atoms with E-state index in [1.54, 1.807) is 6.07 Å². The van der Waals surface area contributed by atoms with Gasteiger partial charge in [0.2, 0.25) is 5.88 Å². The summed E-state index contributed by atoms with van der Waals surface area (Å²) in [5.41, 5.74) is -3.07. The molecular formula is C24H12F6N2OS. The zero-order chi connectivity index (χ0) is 24.1. The topological polar surface area (TPSA) is 35.0 Å². The first-order valence-electron chi connectivity index (χ1n) is 9.80. The van der Waals surface area contributed by atoms with Gasteiger partial charge in [-0.3, -0.25) is 0 Å². The number of hydrogen-bond donors (Lipinski definition) is 0. The van der Waals surface area contributed by atoms with Crippen molar-refractivity contribution in [1.29, 1.82) is 0 Å². The summed E-state index contributed by atoms with van der Waals surface area (Å²) in [6.07, 6.45) is -10.4. The van der Waals surface area contributed by atoms with E-state index < -0.39 is 29.2 Å². The maximum absolute atomic E-state index is 13.4. The average Bonchev–Trinajstić information content (AvgIpc) is 3.31. The number of fused-ring (bicyclic) bond motifs is 2. The summed E-state index contributed by atoms with van der Waals surface area (Å²) in [6.45, 7) is 0. The molecule has 5 aromatic rings. The third-order valence-corrected chi connectivity index (χ3v) is 6.06. The van der Waals surface area contributed by atoms with Crippen molar-refractivity contribution in [2.75, 3.05) is 0 Å². The fraction of sp³-hybridized carbons (Fsp3) is 0.0833. The van der Waals surface area contributed by atoms with Gasteiger partial charge in [0.15, 0.2) is 0 Å². The maximum Gasteiger partial charge on any atom is 0.417 e. The summed E-state index contributed by atoms with van der Waals surface area (Å²) < 4.78 is 85.0. The van der Waals surface area contributed by atoms with Gasteiger partial charge in [0.1, 0.15) is 11.4 Å². The van der Waals surface area contributed by atoms with Crippen molar-refractivity contribution >= 4 is 32.9 Å². The Balaban J connectivity index is 1.68. The molecule has 0 aliphatic rings. The van der Waals surface area contributed by atoms with Gasteiger partial charge in [-0.05, 0) is 52.6 Å². The van der Waals surface area contributed by atoms with E-state index in [0.717, 1.165) is 21.7 Å². The number of aromatic nitrogens is 2. The Hall–Kier alpha value is -3.66. The molecule has 0 fully saturated rings. The van der Waals surface area contributed by atoms with Crippen LogP contribution >= 0.6 is 11.3 Å². The Morgan fingerprint density at radius 3 is 1.97 bits per heavy atom. The second kappa shape index (κ2) is 7.98. The van der Waals surface area contributed by atoms with E-state index in [4.69, 9.17) is 4.74 Å². The van der Waals surface area contributed by atoms with Crippen LogP contribution in [0, 0.1) is 0 Å². The van der Waals surface area contributed by atoms with Crippen LogP contribution < -0.4 is 4.74 Å². The number of nitrogens with zero attached hydrogens (tertiary/aromatic N) is 2. The lowest BCUT2D eigenvalue weighted by atomic mass is 10.0. The molecule has 0 radical (unpaired) electrons. The Morgan fingerprint density at radius 2 is 1.35 bits per heavy atom. The van der Waals surface area contributed by atoms with Crippen LogP contribution in [-0.4, -0.2) is 10.2 Å². The van der Waals surface area contributed by atoms with Gasteiger partial charge in [0.05, 0.1) is 16.0 Å². The lowest BCUT2D eigenvalue weighted by Crippen LogP contribution is -2.16. The second-order valence-electron chi connectivity index (χ2n) is 7.38. The van der Waals surface area contributed by atoms with Crippen LogP contribution in [0.4, 0.5) is 26.3 Å². The van der Waals surface area contributed by atoms with Crippen molar-refractivity contribution in [3.8, 4) is 22.2 Å². The van der Waals surface area contributed by atoms with Crippen molar-refractivity contribution in [3.63, 3.8) is 0 Å². The lowest BCUT2D eigenvalue weighted by Gasteiger charge is -2.17. The van der Waals surface area contributed by atoms with E-state index in [1.165, 1.54) is 11.3 Å². The summed E-state index contributed by atoms with van der Waals surface area (Å²) in [6, 6.07) is 16.3. The first-order valence-corrected chi connectivity index (χ1v) is 10.7. The van der Waals surface area contributed by atoms with Crippen LogP contribution in [0.15, 0.2) is 72.1 Å². The van der Waals surface area contributed by atoms with Gasteiger partial charge < -0.3 is 4.74 Å². The number of hydrogen-bond acceptors (Lipinski definition) is 4. The predicted molar refractivity (Wildman–Crippen MR) is 117 cm³/mol. The van der Waals surface area contributed by atoms with Crippen molar-refractivity contribution in [2.45, 2.75) is 12.4 Å². The quantitative estimate of drug-likeness (QED) is 0.188. The zero-order valence-electron chi connectivity index (χ0n) is 16.9. The highest BCUT2D eigenvalue weighted by molar-refractivity contribution is 7.13. The molecule has 0 bridgehead atoms. The minimum Gasteiger partial charge on any atom is -0.437 e. The molecule has 34 heavy (non-hydrogen) atoms. The Bertz CT molecular complexity index is 1510. The van der Waals surface area contributed by atoms with Crippen LogP contribution in [0.3, 0.4) is 0 Å². The average molecular weight is 490 g/mol. The van der Waals surface area contributed by atoms with Crippen LogP contribution in [0.5, 0.6) is 11.6 Å². The van der Waals surface area contributed by atoms with Gasteiger partial charge in [0.25, 0.3) is 0 Å². The van der Waals surface area contributed by atoms with Gasteiger partial charge in [-0.2, -0.15) is 26.3 Å². The van der Waals surface area contributed by atoms with Crippen molar-refractivity contribution in [3.05, 3.63) is 83.2 Å². The Labute approximate surface area is 192 Å². The largest absolute Gasteiger partial charge is 0.437 e. The monoisotopic (exact) mass is 490 g/mol. The molecule has 0 unspecified atom stereocenters. The molecule has 0 N–H and O–H groups in total. The number of alkyl halides is 6. The van der Waals surface area contributed by atoms with E-state index in [0.29, 0.717) is 28.6 Å². The molecule has 0 saturated carbocycles. The highest BCUT2D eigenvalue weighted by Gasteiger charge is 2.43. The first-order chi connectivity index (χ1) is 16.1. The number of rotatable bonds is 3. The maximum atomic E-state index is 13.4. The van der Waals surface area contributed by atoms with Gasteiger partial charge in [-0.1, -0.05) is 30.3 Å². The standard InChI is InChI=1S/C24H12F6N2OS/c25-23(26,27)18-8-7-15(12-19(18)24(28,29)30)33-22-17-11-14-5-2-1-4-13(14)10-16(17)21(31-32-22)20-6-3-9-34-20/h1-12H. The minimum absolute atomic E-state index is 0.117. The molecule has 0 saturated heterocycles. The van der Waals surface area contributed by atoms with Crippen LogP contribution in [0.2, 0.25) is 0 Å². The summed E-state index contributed by atoms with van der Waals surface area (Å²) >= 11 is 1.44. The number of benzene rings is 3. The fourth-order valence-electron chi connectivity index (χ4n) is 3.67. The molecule has 0 atom stereocenters. The minimum atomic E-state index is -5.22. The first kappa shape index (κ1) is 22.1. The van der Waals surface area contributed by atoms with Crippen LogP contribution in [0.1, 0.15) is 11.1 Å². The molecule has 0 amide bonds. The highest BCUT2D eigenvalue weighted by atomic mass is 32.1. The highest BCUT2D eigenvalue weighted by Crippen LogP contribution is 2.43. The summed E-state index contributed by atoms with van der Waals surface area (Å²) in [5, 5.41) is 13.0. The van der Waals surface area contributed by atoms with E-state index in [-0.39, 0.29) is 5.88 Å². The fourth-order valence-corrected chi connectivity index (χ4v) is 4.39. The van der Waals surface area contributed by atoms with Gasteiger partial charge in [-0.25, -0.2) is 0 Å². The molecule has 0 spiro atoms. The molecular weight excluding hydrogens is 478 g/mol. The normalized spacial score (nSPS) is 12.4. The van der Waals surface area contributed by atoms with E-state index in [2.05, 4.69) is 10.2 Å². The van der Waals surface area contributed by atoms with Gasteiger partial charge >= 0.3 is 12.4 Å². The smallest absolute Gasteiger partial charge is 0.417 e. The molecule has 3 nitrogen and oxygen atoms in total.